The molecular formula is C18H23ClN4O3. The highest BCUT2D eigenvalue weighted by Gasteiger charge is 2.46. The molecule has 8 heteroatoms. The predicted molar refractivity (Wildman–Crippen MR) is 97.2 cm³/mol. The highest BCUT2D eigenvalue weighted by Crippen LogP contribution is 2.32. The summed E-state index contributed by atoms with van der Waals surface area (Å²) < 4.78 is 0. The molecule has 140 valence electrons. The first-order valence-electron chi connectivity index (χ1n) is 8.83. The molecule has 2 unspecified atom stereocenters. The number of hydrogen-bond donors (Lipinski definition) is 3. The van der Waals surface area contributed by atoms with E-state index in [2.05, 4.69) is 10.6 Å². The molecule has 2 aliphatic heterocycles. The van der Waals surface area contributed by atoms with E-state index >= 15 is 0 Å². The third-order valence-electron chi connectivity index (χ3n) is 5.02. The zero-order valence-electron chi connectivity index (χ0n) is 14.4. The van der Waals surface area contributed by atoms with Crippen LogP contribution in [0.3, 0.4) is 0 Å². The fraction of sp³-hybridized carbons (Fsp3) is 0.500. The Morgan fingerprint density at radius 2 is 2.00 bits per heavy atom. The molecule has 0 saturated carbocycles. The second-order valence-corrected chi connectivity index (χ2v) is 7.18. The molecule has 0 spiro atoms. The summed E-state index contributed by atoms with van der Waals surface area (Å²) in [4.78, 5) is 38.6. The van der Waals surface area contributed by atoms with Crippen LogP contribution in [0.2, 0.25) is 5.02 Å². The van der Waals surface area contributed by atoms with Gasteiger partial charge in [-0.25, -0.2) is 0 Å². The van der Waals surface area contributed by atoms with Crippen LogP contribution in [0.25, 0.3) is 0 Å². The lowest BCUT2D eigenvalue weighted by molar-refractivity contribution is -0.146. The zero-order chi connectivity index (χ0) is 18.7. The van der Waals surface area contributed by atoms with Crippen LogP contribution in [0.4, 0.5) is 0 Å². The topological polar surface area (TPSA) is 105 Å². The van der Waals surface area contributed by atoms with Crippen LogP contribution in [-0.4, -0.2) is 47.3 Å². The van der Waals surface area contributed by atoms with Crippen molar-refractivity contribution in [3.8, 4) is 0 Å². The molecule has 0 bridgehead atoms. The lowest BCUT2D eigenvalue weighted by Gasteiger charge is -2.37. The van der Waals surface area contributed by atoms with E-state index in [9.17, 15) is 14.4 Å². The summed E-state index contributed by atoms with van der Waals surface area (Å²) in [6.45, 7) is 0.201. The minimum Gasteiger partial charge on any atom is -0.350 e. The van der Waals surface area contributed by atoms with Gasteiger partial charge in [0.2, 0.25) is 17.7 Å². The number of carbonyl (C=O) groups is 3. The Hall–Kier alpha value is -2.12. The van der Waals surface area contributed by atoms with E-state index in [-0.39, 0.29) is 30.3 Å². The van der Waals surface area contributed by atoms with Gasteiger partial charge in [0.25, 0.3) is 0 Å². The fourth-order valence-corrected chi connectivity index (χ4v) is 3.97. The molecule has 3 rings (SSSR count). The molecule has 2 heterocycles. The number of fused-ring (bicyclic) bond motifs is 1. The number of hydrogen-bond acceptors (Lipinski definition) is 4. The van der Waals surface area contributed by atoms with E-state index in [4.69, 9.17) is 17.3 Å². The maximum atomic E-state index is 12.8. The van der Waals surface area contributed by atoms with Crippen LogP contribution in [0, 0.1) is 0 Å². The van der Waals surface area contributed by atoms with Crippen LogP contribution in [0.15, 0.2) is 24.3 Å². The number of carbonyl (C=O) groups excluding carboxylic acids is 3. The Kier molecular flexibility index (Phi) is 5.78. The number of nitrogens with one attached hydrogen (secondary N) is 2. The SMILES string of the molecule is NCC(=O)NC1CCC2CC[C@@H](C(=O)NCc3cccc(Cl)c3)N2C1=O. The molecule has 2 aliphatic rings. The Labute approximate surface area is 157 Å². The molecule has 2 fully saturated rings. The molecule has 1 aromatic rings. The summed E-state index contributed by atoms with van der Waals surface area (Å²) >= 11 is 5.96. The molecule has 3 amide bonds. The maximum absolute atomic E-state index is 12.8. The summed E-state index contributed by atoms with van der Waals surface area (Å²) in [5, 5.41) is 6.16. The second kappa shape index (κ2) is 8.05. The van der Waals surface area contributed by atoms with Gasteiger partial charge in [-0.2, -0.15) is 0 Å². The van der Waals surface area contributed by atoms with E-state index in [0.717, 1.165) is 18.4 Å². The lowest BCUT2D eigenvalue weighted by Crippen LogP contribution is -2.59. The quantitative estimate of drug-likeness (QED) is 0.696. The van der Waals surface area contributed by atoms with Crippen molar-refractivity contribution in [3.05, 3.63) is 34.9 Å². The van der Waals surface area contributed by atoms with Gasteiger partial charge in [-0.3, -0.25) is 14.4 Å². The molecule has 4 N–H and O–H groups in total. The number of nitrogens with two attached hydrogens (primary N) is 1. The molecule has 0 radical (unpaired) electrons. The summed E-state index contributed by atoms with van der Waals surface area (Å²) in [5.41, 5.74) is 6.21. The summed E-state index contributed by atoms with van der Waals surface area (Å²) in [5.74, 6) is -0.724. The van der Waals surface area contributed by atoms with Crippen molar-refractivity contribution in [2.24, 2.45) is 5.73 Å². The predicted octanol–water partition coefficient (Wildman–Crippen LogP) is 0.553. The third kappa shape index (κ3) is 3.99. The van der Waals surface area contributed by atoms with Crippen molar-refractivity contribution in [2.75, 3.05) is 6.54 Å². The number of rotatable bonds is 5. The van der Waals surface area contributed by atoms with Gasteiger partial charge in [0.15, 0.2) is 0 Å². The Bertz CT molecular complexity index is 711. The van der Waals surface area contributed by atoms with Gasteiger partial charge in [-0.1, -0.05) is 23.7 Å². The number of benzene rings is 1. The third-order valence-corrected chi connectivity index (χ3v) is 5.26. The second-order valence-electron chi connectivity index (χ2n) is 6.74. The smallest absolute Gasteiger partial charge is 0.246 e. The highest BCUT2D eigenvalue weighted by molar-refractivity contribution is 6.30. The monoisotopic (exact) mass is 378 g/mol. The van der Waals surface area contributed by atoms with Gasteiger partial charge in [-0.15, -0.1) is 0 Å². The lowest BCUT2D eigenvalue weighted by atomic mass is 9.98. The van der Waals surface area contributed by atoms with Crippen molar-refractivity contribution < 1.29 is 14.4 Å². The first-order chi connectivity index (χ1) is 12.5. The van der Waals surface area contributed by atoms with Gasteiger partial charge < -0.3 is 21.3 Å². The Morgan fingerprint density at radius 1 is 1.23 bits per heavy atom. The van der Waals surface area contributed by atoms with Gasteiger partial charge in [0, 0.05) is 17.6 Å². The van der Waals surface area contributed by atoms with E-state index in [1.165, 1.54) is 0 Å². The minimum absolute atomic E-state index is 0.0652. The highest BCUT2D eigenvalue weighted by atomic mass is 35.5. The normalized spacial score (nSPS) is 24.9. The first-order valence-corrected chi connectivity index (χ1v) is 9.21. The molecule has 0 aliphatic carbocycles. The van der Waals surface area contributed by atoms with Gasteiger partial charge in [0.05, 0.1) is 6.54 Å². The van der Waals surface area contributed by atoms with E-state index < -0.39 is 12.1 Å². The number of piperidine rings is 1. The minimum atomic E-state index is -0.594. The van der Waals surface area contributed by atoms with Gasteiger partial charge >= 0.3 is 0 Å². The van der Waals surface area contributed by atoms with Gasteiger partial charge in [0.1, 0.15) is 12.1 Å². The van der Waals surface area contributed by atoms with Crippen LogP contribution in [-0.2, 0) is 20.9 Å². The van der Waals surface area contributed by atoms with E-state index in [1.807, 2.05) is 12.1 Å². The maximum Gasteiger partial charge on any atom is 0.246 e. The summed E-state index contributed by atoms with van der Waals surface area (Å²) in [6, 6.07) is 6.26. The molecule has 0 aromatic heterocycles. The van der Waals surface area contributed by atoms with Crippen molar-refractivity contribution in [1.82, 2.24) is 15.5 Å². The van der Waals surface area contributed by atoms with Crippen LogP contribution in [0.1, 0.15) is 31.2 Å². The average molecular weight is 379 g/mol. The molecule has 3 atom stereocenters. The summed E-state index contributed by atoms with van der Waals surface area (Å²) in [6.07, 6.45) is 2.80. The molecule has 26 heavy (non-hydrogen) atoms. The van der Waals surface area contributed by atoms with Crippen molar-refractivity contribution in [3.63, 3.8) is 0 Å². The zero-order valence-corrected chi connectivity index (χ0v) is 15.2. The van der Waals surface area contributed by atoms with Crippen molar-refractivity contribution >= 4 is 29.3 Å². The fourth-order valence-electron chi connectivity index (χ4n) is 3.76. The van der Waals surface area contributed by atoms with Crippen LogP contribution >= 0.6 is 11.6 Å². The average Bonchev–Trinajstić information content (AvgIpc) is 3.07. The van der Waals surface area contributed by atoms with Crippen LogP contribution < -0.4 is 16.4 Å². The molecular weight excluding hydrogens is 356 g/mol. The number of nitrogens with zero attached hydrogens (tertiary/aromatic N) is 1. The Balaban J connectivity index is 1.63. The first kappa shape index (κ1) is 18.7. The molecule has 2 saturated heterocycles. The number of amides is 3. The standard InChI is InChI=1S/C18H23ClN4O3/c19-12-3-1-2-11(8-12)10-21-17(25)15-7-5-13-4-6-14(18(26)23(13)15)22-16(24)9-20/h1-3,8,13-15H,4-7,9-10,20H2,(H,21,25)(H,22,24)/t13?,14?,15-/m0/s1. The van der Waals surface area contributed by atoms with E-state index in [0.29, 0.717) is 24.4 Å². The number of halogens is 1. The van der Waals surface area contributed by atoms with Crippen LogP contribution in [0.5, 0.6) is 0 Å². The van der Waals surface area contributed by atoms with Gasteiger partial charge in [-0.05, 0) is 43.4 Å². The summed E-state index contributed by atoms with van der Waals surface area (Å²) in [7, 11) is 0. The van der Waals surface area contributed by atoms with Crippen molar-refractivity contribution in [2.45, 2.75) is 50.4 Å². The molecule has 7 nitrogen and oxygen atoms in total. The largest absolute Gasteiger partial charge is 0.350 e. The van der Waals surface area contributed by atoms with E-state index in [1.54, 1.807) is 17.0 Å². The molecule has 1 aromatic carbocycles. The Morgan fingerprint density at radius 3 is 2.73 bits per heavy atom. The van der Waals surface area contributed by atoms with Crippen molar-refractivity contribution in [1.29, 1.82) is 0 Å².